The van der Waals surface area contributed by atoms with E-state index in [0.717, 1.165) is 11.1 Å². The van der Waals surface area contributed by atoms with Crippen LogP contribution in [0.1, 0.15) is 29.0 Å². The van der Waals surface area contributed by atoms with Crippen LogP contribution in [0, 0.1) is 0 Å². The van der Waals surface area contributed by atoms with E-state index in [1.807, 2.05) is 30.3 Å². The van der Waals surface area contributed by atoms with Crippen LogP contribution in [-0.4, -0.2) is 51.4 Å². The first-order chi connectivity index (χ1) is 14.4. The summed E-state index contributed by atoms with van der Waals surface area (Å²) >= 11 is 6.27. The lowest BCUT2D eigenvalue weighted by Gasteiger charge is -2.40. The van der Waals surface area contributed by atoms with Crippen LogP contribution in [0.25, 0.3) is 11.1 Å². The van der Waals surface area contributed by atoms with Crippen LogP contribution in [0.2, 0.25) is 5.02 Å². The predicted octanol–water partition coefficient (Wildman–Crippen LogP) is 3.02. The summed E-state index contributed by atoms with van der Waals surface area (Å²) in [6, 6.07) is 17.5. The van der Waals surface area contributed by atoms with Crippen molar-refractivity contribution in [1.29, 1.82) is 0 Å². The number of aliphatic hydroxyl groups excluding tert-OH is 4. The Morgan fingerprint density at radius 1 is 0.900 bits per heavy atom. The summed E-state index contributed by atoms with van der Waals surface area (Å²) in [5.74, 6) is 0. The first-order valence-corrected chi connectivity index (χ1v) is 10.0. The van der Waals surface area contributed by atoms with E-state index in [1.165, 1.54) is 12.1 Å². The summed E-state index contributed by atoms with van der Waals surface area (Å²) in [7, 11) is 0. The van der Waals surface area contributed by atoms with E-state index < -0.39 is 43.3 Å². The van der Waals surface area contributed by atoms with Gasteiger partial charge in [0.05, 0.1) is 6.61 Å². The number of hydrogen-bond acceptors (Lipinski definition) is 5. The molecule has 4 N–H and O–H groups in total. The van der Waals surface area contributed by atoms with Gasteiger partial charge in [0.2, 0.25) is 0 Å². The van der Waals surface area contributed by atoms with Crippen LogP contribution in [0.4, 0.5) is 4.39 Å². The van der Waals surface area contributed by atoms with E-state index in [-0.39, 0.29) is 10.6 Å². The van der Waals surface area contributed by atoms with E-state index in [1.54, 1.807) is 18.2 Å². The lowest BCUT2D eigenvalue weighted by atomic mass is 9.90. The standard InChI is InChI=1S/C23H22ClFO5/c24-17-7-6-14(23-22(29)21(28)20(27)18(11-26)30-23)10-16(17)19(25)15-8-12-4-2-1-3-5-13(12)9-15/h1-10,18-23,26-29H,11H2/t18-,19?,20-,21+,22-,23+/m1/s1. The molecular weight excluding hydrogens is 411 g/mol. The van der Waals surface area contributed by atoms with Gasteiger partial charge in [-0.05, 0) is 46.5 Å². The summed E-state index contributed by atoms with van der Waals surface area (Å²) in [5, 5.41) is 40.0. The van der Waals surface area contributed by atoms with Crippen LogP contribution in [0.3, 0.4) is 0 Å². The number of alkyl halides is 1. The lowest BCUT2D eigenvalue weighted by Crippen LogP contribution is -2.55. The molecule has 1 heterocycles. The zero-order chi connectivity index (χ0) is 21.4. The predicted molar refractivity (Wildman–Crippen MR) is 110 cm³/mol. The summed E-state index contributed by atoms with van der Waals surface area (Å²) < 4.78 is 21.0. The molecule has 1 aromatic rings. The van der Waals surface area contributed by atoms with E-state index in [9.17, 15) is 20.4 Å². The van der Waals surface area contributed by atoms with E-state index in [0.29, 0.717) is 11.1 Å². The molecule has 3 aliphatic rings. The van der Waals surface area contributed by atoms with Crippen LogP contribution < -0.4 is 0 Å². The van der Waals surface area contributed by atoms with Crippen molar-refractivity contribution in [2.24, 2.45) is 0 Å². The third kappa shape index (κ3) is 3.83. The van der Waals surface area contributed by atoms with Crippen LogP contribution >= 0.6 is 11.6 Å². The van der Waals surface area contributed by atoms with Gasteiger partial charge in [0, 0.05) is 10.6 Å². The molecule has 1 aliphatic heterocycles. The first-order valence-electron chi connectivity index (χ1n) is 9.63. The molecule has 0 saturated carbocycles. The topological polar surface area (TPSA) is 90.2 Å². The average Bonchev–Trinajstić information content (AvgIpc) is 3.03. The zero-order valence-corrected chi connectivity index (χ0v) is 16.7. The molecule has 0 spiro atoms. The van der Waals surface area contributed by atoms with E-state index in [4.69, 9.17) is 16.3 Å². The molecule has 1 unspecified atom stereocenters. The molecule has 6 atom stereocenters. The van der Waals surface area contributed by atoms with Gasteiger partial charge in [-0.2, -0.15) is 0 Å². The maximum Gasteiger partial charge on any atom is 0.152 e. The van der Waals surface area contributed by atoms with Crippen molar-refractivity contribution in [3.63, 3.8) is 0 Å². The molecule has 0 amide bonds. The smallest absolute Gasteiger partial charge is 0.152 e. The number of aliphatic hydroxyl groups is 4. The maximum atomic E-state index is 15.5. The minimum Gasteiger partial charge on any atom is -0.394 e. The van der Waals surface area contributed by atoms with Crippen molar-refractivity contribution in [2.75, 3.05) is 6.61 Å². The van der Waals surface area contributed by atoms with Gasteiger partial charge in [-0.3, -0.25) is 0 Å². The average molecular weight is 433 g/mol. The molecule has 0 aromatic heterocycles. The van der Waals surface area contributed by atoms with Gasteiger partial charge in [-0.25, -0.2) is 4.39 Å². The molecule has 5 nitrogen and oxygen atoms in total. The van der Waals surface area contributed by atoms with Gasteiger partial charge in [0.15, 0.2) is 6.17 Å². The molecule has 1 saturated heterocycles. The number of ether oxygens (including phenoxy) is 1. The van der Waals surface area contributed by atoms with Crippen molar-refractivity contribution in [3.05, 3.63) is 82.4 Å². The summed E-state index contributed by atoms with van der Waals surface area (Å²) in [6.07, 6.45) is -8.03. The number of halogens is 2. The highest BCUT2D eigenvalue weighted by atomic mass is 35.5. The Morgan fingerprint density at radius 3 is 2.20 bits per heavy atom. The number of hydrogen-bond donors (Lipinski definition) is 4. The Labute approximate surface area is 178 Å². The second kappa shape index (κ2) is 8.59. The van der Waals surface area contributed by atoms with Gasteiger partial charge >= 0.3 is 0 Å². The Morgan fingerprint density at radius 2 is 1.57 bits per heavy atom. The third-order valence-corrected chi connectivity index (χ3v) is 5.90. The molecule has 2 aliphatic carbocycles. The van der Waals surface area contributed by atoms with Crippen molar-refractivity contribution in [3.8, 4) is 11.1 Å². The Hall–Kier alpha value is -2.06. The Kier molecular flexibility index (Phi) is 6.06. The van der Waals surface area contributed by atoms with E-state index in [2.05, 4.69) is 0 Å². The molecular formula is C23H22ClFO5. The SMILES string of the molecule is OC[C@H]1O[C@@H](c2ccc(Cl)c(C(F)c3cc4cccccc-4c3)c2)[C@H](O)[C@@H](O)[C@@H]1O. The van der Waals surface area contributed by atoms with Gasteiger partial charge in [0.25, 0.3) is 0 Å². The second-order valence-electron chi connectivity index (χ2n) is 7.50. The van der Waals surface area contributed by atoms with Crippen LogP contribution in [0.15, 0.2) is 60.7 Å². The minimum absolute atomic E-state index is 0.200. The van der Waals surface area contributed by atoms with Gasteiger partial charge in [-0.15, -0.1) is 0 Å². The summed E-state index contributed by atoms with van der Waals surface area (Å²) in [6.45, 7) is -0.537. The van der Waals surface area contributed by atoms with Gasteiger partial charge in [-0.1, -0.05) is 48.0 Å². The fourth-order valence-electron chi connectivity index (χ4n) is 3.88. The molecule has 30 heavy (non-hydrogen) atoms. The summed E-state index contributed by atoms with van der Waals surface area (Å²) in [5.41, 5.74) is 2.84. The van der Waals surface area contributed by atoms with Crippen molar-refractivity contribution in [1.82, 2.24) is 0 Å². The molecule has 7 heteroatoms. The Bertz CT molecular complexity index is 966. The van der Waals surface area contributed by atoms with Crippen LogP contribution in [0.5, 0.6) is 0 Å². The number of fused-ring (bicyclic) bond motifs is 1. The zero-order valence-electron chi connectivity index (χ0n) is 15.9. The molecule has 1 aromatic carbocycles. The third-order valence-electron chi connectivity index (χ3n) is 5.56. The van der Waals surface area contributed by atoms with Gasteiger partial charge < -0.3 is 25.2 Å². The first kappa shape index (κ1) is 21.2. The quantitative estimate of drug-likeness (QED) is 0.509. The van der Waals surface area contributed by atoms with Crippen molar-refractivity contribution in [2.45, 2.75) is 36.7 Å². The van der Waals surface area contributed by atoms with Crippen LogP contribution in [-0.2, 0) is 4.74 Å². The lowest BCUT2D eigenvalue weighted by molar-refractivity contribution is -0.231. The fourth-order valence-corrected chi connectivity index (χ4v) is 4.09. The fraction of sp³-hybridized carbons (Fsp3) is 0.304. The largest absolute Gasteiger partial charge is 0.394 e. The molecule has 0 bridgehead atoms. The second-order valence-corrected chi connectivity index (χ2v) is 7.91. The molecule has 158 valence electrons. The Balaban J connectivity index is 1.68. The van der Waals surface area contributed by atoms with Gasteiger partial charge in [0.1, 0.15) is 30.5 Å². The van der Waals surface area contributed by atoms with Crippen molar-refractivity contribution >= 4 is 11.6 Å². The highest BCUT2D eigenvalue weighted by molar-refractivity contribution is 6.31. The normalized spacial score (nSPS) is 27.9. The molecule has 0 radical (unpaired) electrons. The number of benzene rings is 1. The molecule has 1 fully saturated rings. The highest BCUT2D eigenvalue weighted by Crippen LogP contribution is 2.39. The monoisotopic (exact) mass is 432 g/mol. The molecule has 4 rings (SSSR count). The van der Waals surface area contributed by atoms with E-state index >= 15 is 4.39 Å². The van der Waals surface area contributed by atoms with Crippen molar-refractivity contribution < 1.29 is 29.6 Å². The minimum atomic E-state index is -1.51. The number of rotatable bonds is 4. The summed E-state index contributed by atoms with van der Waals surface area (Å²) in [4.78, 5) is 0. The maximum absolute atomic E-state index is 15.5. The highest BCUT2D eigenvalue weighted by Gasteiger charge is 2.44.